The first-order valence-electron chi connectivity index (χ1n) is 6.55. The van der Waals surface area contributed by atoms with E-state index in [2.05, 4.69) is 28.4 Å². The van der Waals surface area contributed by atoms with Gasteiger partial charge in [-0.1, -0.05) is 26.2 Å². The largest absolute Gasteiger partial charge is 0.337 e. The molecule has 0 aromatic carbocycles. The highest BCUT2D eigenvalue weighted by Crippen LogP contribution is 2.10. The SMILES string of the molecule is CCCCCC(CN)N(C)Cc1nccn1C. The number of hydrogen-bond donors (Lipinski definition) is 1. The summed E-state index contributed by atoms with van der Waals surface area (Å²) < 4.78 is 2.07. The number of rotatable bonds is 8. The standard InChI is InChI=1S/C13H26N4/c1-4-5-6-7-12(10-14)17(3)11-13-15-8-9-16(13)2/h8-9,12H,4-7,10-11,14H2,1-3H3. The van der Waals surface area contributed by atoms with E-state index in [1.807, 2.05) is 19.4 Å². The summed E-state index contributed by atoms with van der Waals surface area (Å²) in [4.78, 5) is 6.67. The van der Waals surface area contributed by atoms with E-state index in [9.17, 15) is 0 Å². The fraction of sp³-hybridized carbons (Fsp3) is 0.769. The molecule has 4 heteroatoms. The molecule has 0 amide bonds. The number of likely N-dealkylation sites (N-methyl/N-ethyl adjacent to an activating group) is 1. The average molecular weight is 238 g/mol. The number of unbranched alkanes of at least 4 members (excludes halogenated alkanes) is 2. The number of nitrogens with zero attached hydrogens (tertiary/aromatic N) is 3. The van der Waals surface area contributed by atoms with Crippen molar-refractivity contribution >= 4 is 0 Å². The van der Waals surface area contributed by atoms with E-state index in [1.54, 1.807) is 0 Å². The zero-order valence-corrected chi connectivity index (χ0v) is 11.4. The fourth-order valence-electron chi connectivity index (χ4n) is 2.05. The fourth-order valence-corrected chi connectivity index (χ4v) is 2.05. The Morgan fingerprint density at radius 1 is 1.47 bits per heavy atom. The van der Waals surface area contributed by atoms with E-state index in [-0.39, 0.29) is 0 Å². The molecule has 1 aromatic rings. The van der Waals surface area contributed by atoms with Crippen LogP contribution in [-0.4, -0.2) is 34.1 Å². The molecule has 4 nitrogen and oxygen atoms in total. The second kappa shape index (κ2) is 7.45. The molecule has 0 saturated carbocycles. The van der Waals surface area contributed by atoms with Gasteiger partial charge in [-0.3, -0.25) is 4.90 Å². The van der Waals surface area contributed by atoms with Gasteiger partial charge in [0.1, 0.15) is 5.82 Å². The van der Waals surface area contributed by atoms with Crippen molar-refractivity contribution < 1.29 is 0 Å². The van der Waals surface area contributed by atoms with Gasteiger partial charge < -0.3 is 10.3 Å². The smallest absolute Gasteiger partial charge is 0.122 e. The maximum Gasteiger partial charge on any atom is 0.122 e. The van der Waals surface area contributed by atoms with Gasteiger partial charge in [-0.2, -0.15) is 0 Å². The molecule has 0 fully saturated rings. The molecule has 0 bridgehead atoms. The van der Waals surface area contributed by atoms with Crippen molar-refractivity contribution in [2.24, 2.45) is 12.8 Å². The molecular weight excluding hydrogens is 212 g/mol. The molecule has 0 radical (unpaired) electrons. The first-order chi connectivity index (χ1) is 8.19. The van der Waals surface area contributed by atoms with E-state index in [4.69, 9.17) is 5.73 Å². The molecule has 1 aromatic heterocycles. The molecule has 1 atom stereocenters. The van der Waals surface area contributed by atoms with Gasteiger partial charge in [0, 0.05) is 32.0 Å². The number of imidazole rings is 1. The molecular formula is C13H26N4. The summed E-state index contributed by atoms with van der Waals surface area (Å²) in [6.45, 7) is 3.83. The van der Waals surface area contributed by atoms with Crippen LogP contribution in [0.3, 0.4) is 0 Å². The zero-order valence-electron chi connectivity index (χ0n) is 11.4. The van der Waals surface area contributed by atoms with Crippen LogP contribution in [0.4, 0.5) is 0 Å². The molecule has 2 N–H and O–H groups in total. The van der Waals surface area contributed by atoms with Gasteiger partial charge in [0.05, 0.1) is 6.54 Å². The number of nitrogens with two attached hydrogens (primary N) is 1. The van der Waals surface area contributed by atoms with Gasteiger partial charge in [-0.05, 0) is 13.5 Å². The van der Waals surface area contributed by atoms with Gasteiger partial charge >= 0.3 is 0 Å². The van der Waals surface area contributed by atoms with E-state index in [1.165, 1.54) is 25.7 Å². The highest BCUT2D eigenvalue weighted by molar-refractivity contribution is 4.91. The molecule has 0 saturated heterocycles. The van der Waals surface area contributed by atoms with Crippen molar-refractivity contribution in [1.29, 1.82) is 0 Å². The van der Waals surface area contributed by atoms with Crippen molar-refractivity contribution in [3.05, 3.63) is 18.2 Å². The summed E-state index contributed by atoms with van der Waals surface area (Å²) in [5.74, 6) is 1.10. The molecule has 0 aliphatic carbocycles. The summed E-state index contributed by atoms with van der Waals surface area (Å²) in [5.41, 5.74) is 5.85. The van der Waals surface area contributed by atoms with Crippen LogP contribution < -0.4 is 5.73 Å². The van der Waals surface area contributed by atoms with Crippen LogP contribution in [0, 0.1) is 0 Å². The highest BCUT2D eigenvalue weighted by Gasteiger charge is 2.14. The zero-order chi connectivity index (χ0) is 12.7. The highest BCUT2D eigenvalue weighted by atomic mass is 15.2. The Labute approximate surface area is 105 Å². The minimum atomic E-state index is 0.471. The Balaban J connectivity index is 2.43. The van der Waals surface area contributed by atoms with Crippen LogP contribution in [0.1, 0.15) is 38.4 Å². The van der Waals surface area contributed by atoms with Crippen LogP contribution in [0.5, 0.6) is 0 Å². The molecule has 1 heterocycles. The van der Waals surface area contributed by atoms with Gasteiger partial charge in [0.15, 0.2) is 0 Å². The molecule has 1 unspecified atom stereocenters. The van der Waals surface area contributed by atoms with Gasteiger partial charge in [-0.25, -0.2) is 4.98 Å². The number of hydrogen-bond acceptors (Lipinski definition) is 3. The predicted molar refractivity (Wildman–Crippen MR) is 71.7 cm³/mol. The Morgan fingerprint density at radius 3 is 2.76 bits per heavy atom. The summed E-state index contributed by atoms with van der Waals surface area (Å²) >= 11 is 0. The van der Waals surface area contributed by atoms with Crippen LogP contribution in [0.2, 0.25) is 0 Å². The maximum absolute atomic E-state index is 5.85. The Kier molecular flexibility index (Phi) is 6.22. The van der Waals surface area contributed by atoms with Crippen molar-refractivity contribution in [1.82, 2.24) is 14.5 Å². The lowest BCUT2D eigenvalue weighted by Crippen LogP contribution is -2.38. The molecule has 0 spiro atoms. The second-order valence-electron chi connectivity index (χ2n) is 4.75. The Bertz CT molecular complexity index is 308. The quantitative estimate of drug-likeness (QED) is 0.702. The number of aromatic nitrogens is 2. The van der Waals surface area contributed by atoms with E-state index < -0.39 is 0 Å². The molecule has 0 aliphatic rings. The molecule has 0 aliphatic heterocycles. The normalized spacial score (nSPS) is 13.2. The average Bonchev–Trinajstić information content (AvgIpc) is 2.70. The Morgan fingerprint density at radius 2 is 2.24 bits per heavy atom. The van der Waals surface area contributed by atoms with E-state index in [0.717, 1.165) is 18.9 Å². The minimum Gasteiger partial charge on any atom is -0.337 e. The van der Waals surface area contributed by atoms with Crippen LogP contribution in [0.15, 0.2) is 12.4 Å². The Hall–Kier alpha value is -0.870. The summed E-state index contributed by atoms with van der Waals surface area (Å²) in [5, 5.41) is 0. The summed E-state index contributed by atoms with van der Waals surface area (Å²) in [7, 11) is 4.17. The van der Waals surface area contributed by atoms with Gasteiger partial charge in [-0.15, -0.1) is 0 Å². The molecule has 1 rings (SSSR count). The third kappa shape index (κ3) is 4.48. The third-order valence-corrected chi connectivity index (χ3v) is 3.35. The van der Waals surface area contributed by atoms with Crippen LogP contribution >= 0.6 is 0 Å². The summed E-state index contributed by atoms with van der Waals surface area (Å²) in [6.07, 6.45) is 8.84. The van der Waals surface area contributed by atoms with Crippen molar-refractivity contribution in [3.8, 4) is 0 Å². The summed E-state index contributed by atoms with van der Waals surface area (Å²) in [6, 6.07) is 0.471. The van der Waals surface area contributed by atoms with Crippen molar-refractivity contribution in [2.45, 2.75) is 45.2 Å². The van der Waals surface area contributed by atoms with Gasteiger partial charge in [0.25, 0.3) is 0 Å². The van der Waals surface area contributed by atoms with Gasteiger partial charge in [0.2, 0.25) is 0 Å². The lowest BCUT2D eigenvalue weighted by Gasteiger charge is -2.26. The van der Waals surface area contributed by atoms with E-state index in [0.29, 0.717) is 6.04 Å². The lowest BCUT2D eigenvalue weighted by atomic mass is 10.1. The third-order valence-electron chi connectivity index (χ3n) is 3.35. The molecule has 17 heavy (non-hydrogen) atoms. The monoisotopic (exact) mass is 238 g/mol. The second-order valence-corrected chi connectivity index (χ2v) is 4.75. The molecule has 98 valence electrons. The van der Waals surface area contributed by atoms with Crippen LogP contribution in [-0.2, 0) is 13.6 Å². The predicted octanol–water partition coefficient (Wildman–Crippen LogP) is 1.76. The first-order valence-corrected chi connectivity index (χ1v) is 6.55. The van der Waals surface area contributed by atoms with E-state index >= 15 is 0 Å². The van der Waals surface area contributed by atoms with Crippen molar-refractivity contribution in [3.63, 3.8) is 0 Å². The first kappa shape index (κ1) is 14.2. The minimum absolute atomic E-state index is 0.471. The number of aryl methyl sites for hydroxylation is 1. The lowest BCUT2D eigenvalue weighted by molar-refractivity contribution is 0.216. The van der Waals surface area contributed by atoms with Crippen LogP contribution in [0.25, 0.3) is 0 Å². The maximum atomic E-state index is 5.85. The van der Waals surface area contributed by atoms with Crippen molar-refractivity contribution in [2.75, 3.05) is 13.6 Å². The topological polar surface area (TPSA) is 47.1 Å².